The fraction of sp³-hybridized carbons (Fsp3) is 0.500. The van der Waals surface area contributed by atoms with Crippen LogP contribution < -0.4 is 10.6 Å². The minimum absolute atomic E-state index is 0.283. The van der Waals surface area contributed by atoms with E-state index < -0.39 is 35.1 Å². The van der Waals surface area contributed by atoms with Gasteiger partial charge in [0.2, 0.25) is 17.7 Å². The van der Waals surface area contributed by atoms with Gasteiger partial charge in [-0.05, 0) is 50.3 Å². The van der Waals surface area contributed by atoms with E-state index in [1.807, 2.05) is 62.4 Å². The number of nitrogens with one attached hydrogen (secondary N) is 2. The van der Waals surface area contributed by atoms with Gasteiger partial charge in [0.15, 0.2) is 0 Å². The number of rotatable bonds is 10. The maximum absolute atomic E-state index is 14.3. The van der Waals surface area contributed by atoms with Crippen LogP contribution in [0.2, 0.25) is 0 Å². The Kier molecular flexibility index (Phi) is 7.29. The minimum Gasteiger partial charge on any atom is -0.394 e. The van der Waals surface area contributed by atoms with E-state index in [-0.39, 0.29) is 24.3 Å². The summed E-state index contributed by atoms with van der Waals surface area (Å²) in [5, 5.41) is 16.5. The van der Waals surface area contributed by atoms with Crippen molar-refractivity contribution in [2.24, 2.45) is 11.8 Å². The highest BCUT2D eigenvalue weighted by atomic mass is 16.5. The third-order valence-corrected chi connectivity index (χ3v) is 8.53. The predicted octanol–water partition coefficient (Wildman–Crippen LogP) is 2.91. The summed E-state index contributed by atoms with van der Waals surface area (Å²) < 4.78 is 6.66. The predicted molar refractivity (Wildman–Crippen MR) is 143 cm³/mol. The van der Waals surface area contributed by atoms with Crippen LogP contribution in [-0.2, 0) is 25.5 Å². The van der Waals surface area contributed by atoms with Crippen LogP contribution in [0.5, 0.6) is 0 Å². The van der Waals surface area contributed by atoms with Crippen molar-refractivity contribution in [2.75, 3.05) is 18.5 Å². The molecule has 3 N–H and O–H groups in total. The molecule has 6 atom stereocenters. The smallest absolute Gasteiger partial charge is 0.245 e. The van der Waals surface area contributed by atoms with Crippen molar-refractivity contribution in [1.82, 2.24) is 10.2 Å². The van der Waals surface area contributed by atoms with E-state index >= 15 is 0 Å². The lowest BCUT2D eigenvalue weighted by Gasteiger charge is -2.37. The summed E-state index contributed by atoms with van der Waals surface area (Å²) in [6, 6.07) is 17.2. The second-order valence-corrected chi connectivity index (χ2v) is 11.0. The van der Waals surface area contributed by atoms with Gasteiger partial charge < -0.3 is 25.4 Å². The number of benzene rings is 2. The number of hydrogen-bond donors (Lipinski definition) is 3. The molecule has 0 aliphatic carbocycles. The van der Waals surface area contributed by atoms with E-state index in [0.717, 1.165) is 18.4 Å². The number of anilines is 1. The quantitative estimate of drug-likeness (QED) is 0.419. The molecular weight excluding hydrogens is 482 g/mol. The van der Waals surface area contributed by atoms with Gasteiger partial charge in [-0.2, -0.15) is 0 Å². The molecule has 3 aliphatic rings. The van der Waals surface area contributed by atoms with E-state index in [1.165, 1.54) is 4.90 Å². The molecule has 2 aromatic carbocycles. The number of carbonyl (C=O) groups is 3. The van der Waals surface area contributed by atoms with Crippen molar-refractivity contribution < 1.29 is 24.2 Å². The second-order valence-electron chi connectivity index (χ2n) is 11.0. The molecule has 38 heavy (non-hydrogen) atoms. The van der Waals surface area contributed by atoms with Gasteiger partial charge in [-0.15, -0.1) is 0 Å². The molecule has 3 saturated heterocycles. The monoisotopic (exact) mass is 519 g/mol. The first-order valence-electron chi connectivity index (χ1n) is 13.7. The first-order chi connectivity index (χ1) is 18.3. The fourth-order valence-corrected chi connectivity index (χ4v) is 6.82. The molecule has 8 heteroatoms. The standard InChI is InChI=1S/C30H37N3O5/c1-3-4-17-31-27(36)25-30-16-15-29(2,38-30)23(26(35)32-21-13-9-6-10-14-21)24(30)28(37)33(25)22(19-34)18-20-11-7-5-8-12-20/h5-14,22-25,34H,3-4,15-19H2,1-2H3,(H,31,36)(H,32,35)/t22-,23-,24+,25?,29+,30?/m1/s1. The van der Waals surface area contributed by atoms with E-state index in [4.69, 9.17) is 4.74 Å². The largest absolute Gasteiger partial charge is 0.394 e. The van der Waals surface area contributed by atoms with Gasteiger partial charge in [0.05, 0.1) is 30.1 Å². The number of aliphatic hydroxyl groups is 1. The van der Waals surface area contributed by atoms with Crippen LogP contribution in [0.15, 0.2) is 60.7 Å². The molecule has 202 valence electrons. The highest BCUT2D eigenvalue weighted by molar-refractivity contribution is 6.02. The molecule has 3 heterocycles. The van der Waals surface area contributed by atoms with Crippen LogP contribution in [0, 0.1) is 11.8 Å². The summed E-state index contributed by atoms with van der Waals surface area (Å²) in [6.07, 6.45) is 3.20. The molecule has 2 bridgehead atoms. The Hall–Kier alpha value is -3.23. The lowest BCUT2D eigenvalue weighted by Crippen LogP contribution is -2.58. The van der Waals surface area contributed by atoms with Crippen LogP contribution in [-0.4, -0.2) is 64.2 Å². The van der Waals surface area contributed by atoms with Gasteiger partial charge >= 0.3 is 0 Å². The van der Waals surface area contributed by atoms with E-state index in [9.17, 15) is 19.5 Å². The van der Waals surface area contributed by atoms with E-state index in [2.05, 4.69) is 10.6 Å². The molecule has 0 saturated carbocycles. The van der Waals surface area contributed by atoms with Crippen LogP contribution in [0.1, 0.15) is 45.1 Å². The summed E-state index contributed by atoms with van der Waals surface area (Å²) in [6.45, 7) is 4.12. The Bertz CT molecular complexity index is 1170. The van der Waals surface area contributed by atoms with Crippen molar-refractivity contribution in [3.8, 4) is 0 Å². The van der Waals surface area contributed by atoms with Gasteiger partial charge in [-0.1, -0.05) is 61.9 Å². The fourth-order valence-electron chi connectivity index (χ4n) is 6.82. The summed E-state index contributed by atoms with van der Waals surface area (Å²) in [5.41, 5.74) is -0.382. The highest BCUT2D eigenvalue weighted by Crippen LogP contribution is 2.63. The summed E-state index contributed by atoms with van der Waals surface area (Å²) in [5.74, 6) is -2.43. The topological polar surface area (TPSA) is 108 Å². The zero-order valence-corrected chi connectivity index (χ0v) is 22.1. The zero-order chi connectivity index (χ0) is 26.9. The Labute approximate surface area is 223 Å². The number of hydrogen-bond acceptors (Lipinski definition) is 5. The van der Waals surface area contributed by atoms with Gasteiger partial charge in [-0.25, -0.2) is 0 Å². The lowest BCUT2D eigenvalue weighted by atomic mass is 9.66. The van der Waals surface area contributed by atoms with Crippen LogP contribution in [0.25, 0.3) is 0 Å². The second kappa shape index (κ2) is 10.5. The van der Waals surface area contributed by atoms with Crippen LogP contribution >= 0.6 is 0 Å². The summed E-state index contributed by atoms with van der Waals surface area (Å²) >= 11 is 0. The summed E-state index contributed by atoms with van der Waals surface area (Å²) in [7, 11) is 0. The number of unbranched alkanes of at least 4 members (excludes halogenated alkanes) is 1. The van der Waals surface area contributed by atoms with Gasteiger partial charge in [0, 0.05) is 12.2 Å². The van der Waals surface area contributed by atoms with Crippen molar-refractivity contribution >= 4 is 23.4 Å². The Morgan fingerprint density at radius 3 is 2.42 bits per heavy atom. The molecule has 0 radical (unpaired) electrons. The number of carbonyl (C=O) groups excluding carboxylic acids is 3. The van der Waals surface area contributed by atoms with Crippen LogP contribution in [0.4, 0.5) is 5.69 Å². The van der Waals surface area contributed by atoms with Gasteiger partial charge in [0.1, 0.15) is 11.6 Å². The number of aliphatic hydroxyl groups excluding tert-OH is 1. The number of fused-ring (bicyclic) bond motifs is 1. The molecule has 5 rings (SSSR count). The third kappa shape index (κ3) is 4.39. The zero-order valence-electron chi connectivity index (χ0n) is 22.1. The molecular formula is C30H37N3O5. The number of para-hydroxylation sites is 1. The number of nitrogens with zero attached hydrogens (tertiary/aromatic N) is 1. The number of likely N-dealkylation sites (tertiary alicyclic amines) is 1. The lowest BCUT2D eigenvalue weighted by molar-refractivity contribution is -0.148. The Balaban J connectivity index is 1.52. The van der Waals surface area contributed by atoms with Crippen molar-refractivity contribution in [2.45, 2.75) is 69.2 Å². The molecule has 3 fully saturated rings. The highest BCUT2D eigenvalue weighted by Gasteiger charge is 2.78. The maximum Gasteiger partial charge on any atom is 0.245 e. The van der Waals surface area contributed by atoms with E-state index in [0.29, 0.717) is 31.5 Å². The maximum atomic E-state index is 14.3. The SMILES string of the molecule is CCCCNC(=O)C1N([C@@H](CO)Cc2ccccc2)C(=O)[C@@H]2[C@H](C(=O)Nc3ccccc3)[C@]3(C)CCC12O3. The molecule has 1 spiro atoms. The Morgan fingerprint density at radius 2 is 1.76 bits per heavy atom. The van der Waals surface area contributed by atoms with Gasteiger partial charge in [0.25, 0.3) is 0 Å². The third-order valence-electron chi connectivity index (χ3n) is 8.53. The molecule has 0 aromatic heterocycles. The Morgan fingerprint density at radius 1 is 1.08 bits per heavy atom. The summed E-state index contributed by atoms with van der Waals surface area (Å²) in [4.78, 5) is 43.3. The average molecular weight is 520 g/mol. The molecule has 3 aliphatic heterocycles. The average Bonchev–Trinajstić information content (AvgIpc) is 3.49. The molecule has 2 unspecified atom stereocenters. The number of ether oxygens (including phenoxy) is 1. The van der Waals surface area contributed by atoms with Crippen molar-refractivity contribution in [3.63, 3.8) is 0 Å². The van der Waals surface area contributed by atoms with Crippen molar-refractivity contribution in [3.05, 3.63) is 66.2 Å². The number of amides is 3. The molecule has 3 amide bonds. The minimum atomic E-state index is -1.12. The normalized spacial score (nSPS) is 30.2. The molecule has 8 nitrogen and oxygen atoms in total. The first kappa shape index (κ1) is 26.4. The van der Waals surface area contributed by atoms with E-state index in [1.54, 1.807) is 12.1 Å². The van der Waals surface area contributed by atoms with Crippen molar-refractivity contribution in [1.29, 1.82) is 0 Å². The van der Waals surface area contributed by atoms with Crippen LogP contribution in [0.3, 0.4) is 0 Å². The van der Waals surface area contributed by atoms with Gasteiger partial charge in [-0.3, -0.25) is 14.4 Å². The molecule has 2 aromatic rings. The first-order valence-corrected chi connectivity index (χ1v) is 13.7.